The highest BCUT2D eigenvalue weighted by Gasteiger charge is 2.13. The molecule has 0 atom stereocenters. The normalized spacial score (nSPS) is 11.0. The van der Waals surface area contributed by atoms with Gasteiger partial charge in [-0.2, -0.15) is 5.10 Å². The van der Waals surface area contributed by atoms with Crippen molar-refractivity contribution in [2.24, 2.45) is 5.10 Å². The molecule has 4 aromatic rings. The first-order valence-corrected chi connectivity index (χ1v) is 12.8. The minimum Gasteiger partial charge on any atom is -0.490 e. The molecule has 0 unspecified atom stereocenters. The molecule has 0 aliphatic heterocycles. The number of halogens is 2. The quantitative estimate of drug-likeness (QED) is 0.105. The average Bonchev–Trinajstić information content (AvgIpc) is 2.88. The lowest BCUT2D eigenvalue weighted by Gasteiger charge is -2.11. The predicted octanol–water partition coefficient (Wildman–Crippen LogP) is 6.68. The van der Waals surface area contributed by atoms with Crippen molar-refractivity contribution in [2.75, 3.05) is 6.61 Å². The number of hydrazone groups is 1. The number of fused-ring (bicyclic) bond motifs is 1. The van der Waals surface area contributed by atoms with Crippen LogP contribution in [0.3, 0.4) is 0 Å². The van der Waals surface area contributed by atoms with Crippen molar-refractivity contribution in [2.45, 2.75) is 13.3 Å². The molecule has 0 radical (unpaired) electrons. The molecule has 0 fully saturated rings. The third-order valence-corrected chi connectivity index (χ3v) is 6.49. The van der Waals surface area contributed by atoms with E-state index in [1.54, 1.807) is 42.5 Å². The number of amides is 1. The molecule has 0 aromatic heterocycles. The van der Waals surface area contributed by atoms with Gasteiger partial charge in [-0.05, 0) is 77.4 Å². The topological polar surface area (TPSA) is 77.0 Å². The van der Waals surface area contributed by atoms with Gasteiger partial charge in [0.2, 0.25) is 5.91 Å². The van der Waals surface area contributed by atoms with E-state index in [4.69, 9.17) is 9.47 Å². The van der Waals surface area contributed by atoms with E-state index in [9.17, 15) is 9.59 Å². The zero-order valence-corrected chi connectivity index (χ0v) is 22.5. The maximum atomic E-state index is 12.5. The van der Waals surface area contributed by atoms with Crippen LogP contribution >= 0.6 is 31.9 Å². The Morgan fingerprint density at radius 1 is 0.917 bits per heavy atom. The summed E-state index contributed by atoms with van der Waals surface area (Å²) in [6, 6.07) is 23.7. The number of hydrogen-bond acceptors (Lipinski definition) is 5. The largest absolute Gasteiger partial charge is 0.490 e. The van der Waals surface area contributed by atoms with Crippen molar-refractivity contribution in [3.8, 4) is 11.5 Å². The molecule has 1 amide bonds. The third kappa shape index (κ3) is 6.38. The third-order valence-electron chi connectivity index (χ3n) is 5.27. The van der Waals surface area contributed by atoms with Gasteiger partial charge in [0.25, 0.3) is 0 Å². The molecule has 36 heavy (non-hydrogen) atoms. The summed E-state index contributed by atoms with van der Waals surface area (Å²) >= 11 is 6.90. The Hall–Kier alpha value is -3.49. The van der Waals surface area contributed by atoms with Gasteiger partial charge in [0.1, 0.15) is 0 Å². The predicted molar refractivity (Wildman–Crippen MR) is 148 cm³/mol. The second-order valence-corrected chi connectivity index (χ2v) is 9.53. The van der Waals surface area contributed by atoms with Gasteiger partial charge in [-0.25, -0.2) is 10.2 Å². The zero-order valence-electron chi connectivity index (χ0n) is 19.3. The Morgan fingerprint density at radius 2 is 1.67 bits per heavy atom. The second-order valence-electron chi connectivity index (χ2n) is 7.76. The minimum absolute atomic E-state index is 0.195. The smallest absolute Gasteiger partial charge is 0.343 e. The summed E-state index contributed by atoms with van der Waals surface area (Å²) in [6.45, 7) is 2.23. The summed E-state index contributed by atoms with van der Waals surface area (Å²) in [5.74, 6) is -0.0194. The van der Waals surface area contributed by atoms with Crippen LogP contribution in [0.4, 0.5) is 0 Å². The lowest BCUT2D eigenvalue weighted by atomic mass is 10.0. The van der Waals surface area contributed by atoms with Crippen molar-refractivity contribution < 1.29 is 19.1 Å². The lowest BCUT2D eigenvalue weighted by molar-refractivity contribution is -0.120. The number of carbonyl (C=O) groups excluding carboxylic acids is 2. The Bertz CT molecular complexity index is 1440. The fourth-order valence-corrected chi connectivity index (χ4v) is 4.31. The minimum atomic E-state index is -0.488. The number of rotatable bonds is 8. The van der Waals surface area contributed by atoms with Gasteiger partial charge < -0.3 is 9.47 Å². The molecule has 0 spiro atoms. The summed E-state index contributed by atoms with van der Waals surface area (Å²) in [6.07, 6.45) is 1.71. The molecule has 4 rings (SSSR count). The SMILES string of the molecule is CCOc1cc(/C=N/NC(=O)Cc2ccc(Br)c3ccccc23)ccc1OC(=O)c1ccc(Br)cc1. The Balaban J connectivity index is 1.42. The summed E-state index contributed by atoms with van der Waals surface area (Å²) in [5, 5.41) is 6.15. The average molecular weight is 610 g/mol. The molecule has 0 aliphatic rings. The van der Waals surface area contributed by atoms with E-state index >= 15 is 0 Å². The van der Waals surface area contributed by atoms with Gasteiger partial charge in [0.05, 0.1) is 24.8 Å². The second kappa shape index (κ2) is 12.0. The maximum Gasteiger partial charge on any atom is 0.343 e. The van der Waals surface area contributed by atoms with E-state index in [-0.39, 0.29) is 12.3 Å². The van der Waals surface area contributed by atoms with Crippen LogP contribution in [0.2, 0.25) is 0 Å². The van der Waals surface area contributed by atoms with Gasteiger partial charge in [0, 0.05) is 8.95 Å². The van der Waals surface area contributed by atoms with Crippen LogP contribution in [-0.4, -0.2) is 24.7 Å². The van der Waals surface area contributed by atoms with Crippen LogP contribution < -0.4 is 14.9 Å². The first kappa shape index (κ1) is 25.6. The van der Waals surface area contributed by atoms with Crippen LogP contribution in [0.15, 0.2) is 92.9 Å². The van der Waals surface area contributed by atoms with E-state index in [1.165, 1.54) is 6.21 Å². The van der Waals surface area contributed by atoms with Crippen LogP contribution in [0.25, 0.3) is 10.8 Å². The van der Waals surface area contributed by atoms with Crippen molar-refractivity contribution in [1.29, 1.82) is 0 Å². The molecular weight excluding hydrogens is 588 g/mol. The van der Waals surface area contributed by atoms with Gasteiger partial charge >= 0.3 is 5.97 Å². The van der Waals surface area contributed by atoms with E-state index in [0.29, 0.717) is 29.2 Å². The number of ether oxygens (including phenoxy) is 2. The zero-order chi connectivity index (χ0) is 25.5. The molecule has 0 heterocycles. The number of benzene rings is 4. The van der Waals surface area contributed by atoms with Crippen LogP contribution in [0, 0.1) is 0 Å². The maximum absolute atomic E-state index is 12.5. The molecule has 6 nitrogen and oxygen atoms in total. The van der Waals surface area contributed by atoms with Gasteiger partial charge in [-0.15, -0.1) is 0 Å². The summed E-state index contributed by atoms with van der Waals surface area (Å²) in [4.78, 5) is 25.0. The molecule has 8 heteroatoms. The number of hydrogen-bond donors (Lipinski definition) is 1. The fraction of sp³-hybridized carbons (Fsp3) is 0.107. The number of carbonyl (C=O) groups is 2. The van der Waals surface area contributed by atoms with Crippen molar-refractivity contribution in [3.05, 3.63) is 104 Å². The monoisotopic (exact) mass is 608 g/mol. The fourth-order valence-electron chi connectivity index (χ4n) is 3.57. The highest BCUT2D eigenvalue weighted by atomic mass is 79.9. The highest BCUT2D eigenvalue weighted by Crippen LogP contribution is 2.29. The summed E-state index contributed by atoms with van der Waals surface area (Å²) in [7, 11) is 0. The standard InChI is InChI=1S/C28H22Br2N2O4/c1-2-35-26-15-18(7-14-25(26)36-28(34)19-8-11-21(29)12-9-19)17-31-32-27(33)16-20-10-13-24(30)23-6-4-3-5-22(20)23/h3-15,17H,2,16H2,1H3,(H,32,33)/b31-17+. The summed E-state index contributed by atoms with van der Waals surface area (Å²) < 4.78 is 13.0. The Labute approximate surface area is 225 Å². The number of nitrogens with one attached hydrogen (secondary N) is 1. The first-order chi connectivity index (χ1) is 17.4. The molecule has 182 valence electrons. The highest BCUT2D eigenvalue weighted by molar-refractivity contribution is 9.11. The van der Waals surface area contributed by atoms with Gasteiger partial charge in [0.15, 0.2) is 11.5 Å². The van der Waals surface area contributed by atoms with E-state index in [0.717, 1.165) is 25.3 Å². The van der Waals surface area contributed by atoms with Crippen LogP contribution in [0.5, 0.6) is 11.5 Å². The molecule has 0 saturated heterocycles. The Kier molecular flexibility index (Phi) is 8.51. The van der Waals surface area contributed by atoms with Gasteiger partial charge in [-0.1, -0.05) is 62.2 Å². The van der Waals surface area contributed by atoms with E-state index in [2.05, 4.69) is 42.4 Å². The van der Waals surface area contributed by atoms with Crippen LogP contribution in [0.1, 0.15) is 28.4 Å². The van der Waals surface area contributed by atoms with E-state index < -0.39 is 5.97 Å². The number of nitrogens with zero attached hydrogens (tertiary/aromatic N) is 1. The molecule has 0 aliphatic carbocycles. The lowest BCUT2D eigenvalue weighted by Crippen LogP contribution is -2.20. The first-order valence-electron chi connectivity index (χ1n) is 11.2. The Morgan fingerprint density at radius 3 is 2.42 bits per heavy atom. The van der Waals surface area contributed by atoms with Gasteiger partial charge in [-0.3, -0.25) is 4.79 Å². The van der Waals surface area contributed by atoms with Crippen LogP contribution in [-0.2, 0) is 11.2 Å². The van der Waals surface area contributed by atoms with E-state index in [1.807, 2.05) is 43.3 Å². The molecule has 0 saturated carbocycles. The molecule has 4 aromatic carbocycles. The van der Waals surface area contributed by atoms with Crippen molar-refractivity contribution in [1.82, 2.24) is 5.43 Å². The number of esters is 1. The van der Waals surface area contributed by atoms with Crippen molar-refractivity contribution in [3.63, 3.8) is 0 Å². The van der Waals surface area contributed by atoms with Crippen molar-refractivity contribution >= 4 is 60.7 Å². The molecule has 1 N–H and O–H groups in total. The molecular formula is C28H22Br2N2O4. The molecule has 0 bridgehead atoms. The summed E-state index contributed by atoms with van der Waals surface area (Å²) in [5.41, 5.74) is 4.59.